The summed E-state index contributed by atoms with van der Waals surface area (Å²) in [6.45, 7) is 12.9. The standard InChI is InChI=1S/C40H74OS.W/c1-7-11-13-14-15-16-17-18-19-20-21-22-23-24-25-27-34-41-38(35-42-6)31-28-30-37-32-33-39(40(37,5)10-4)36(9-3)29-26-12-8-2;/h9,12,15-16,18-19,36-39H,7-8,10-11,13-14,17,20-35H2,1-6H3;/q-2;+2/b16-15-,19-18-;. The number of thioether (sulfide) groups is 1. The van der Waals surface area contributed by atoms with Crippen molar-refractivity contribution in [1.29, 1.82) is 0 Å². The van der Waals surface area contributed by atoms with Gasteiger partial charge in [0.2, 0.25) is 0 Å². The van der Waals surface area contributed by atoms with E-state index in [0.717, 1.165) is 36.5 Å². The minimum Gasteiger partial charge on any atom is -0.377 e. The van der Waals surface area contributed by atoms with Crippen molar-refractivity contribution in [2.24, 2.45) is 23.2 Å². The van der Waals surface area contributed by atoms with E-state index in [2.05, 4.69) is 78.0 Å². The van der Waals surface area contributed by atoms with Crippen molar-refractivity contribution >= 4 is 11.8 Å². The summed E-state index contributed by atoms with van der Waals surface area (Å²) in [5.74, 6) is 3.73. The maximum atomic E-state index is 6.43. The predicted molar refractivity (Wildman–Crippen MR) is 193 cm³/mol. The molecule has 0 spiro atoms. The average molecular weight is 787 g/mol. The fraction of sp³-hybridized carbons (Fsp3) is 0.850. The summed E-state index contributed by atoms with van der Waals surface area (Å²) in [4.78, 5) is 0. The van der Waals surface area contributed by atoms with Gasteiger partial charge in [-0.1, -0.05) is 116 Å². The summed E-state index contributed by atoms with van der Waals surface area (Å²) in [7, 11) is 0. The quantitative estimate of drug-likeness (QED) is 0.0424. The van der Waals surface area contributed by atoms with Gasteiger partial charge in [-0.15, -0.1) is 6.42 Å². The molecule has 252 valence electrons. The van der Waals surface area contributed by atoms with Crippen LogP contribution < -0.4 is 0 Å². The third-order valence-electron chi connectivity index (χ3n) is 10.4. The van der Waals surface area contributed by atoms with Crippen LogP contribution in [0.25, 0.3) is 0 Å². The molecule has 0 aromatic heterocycles. The van der Waals surface area contributed by atoms with Crippen LogP contribution in [0.4, 0.5) is 0 Å². The van der Waals surface area contributed by atoms with Crippen molar-refractivity contribution in [3.63, 3.8) is 0 Å². The van der Waals surface area contributed by atoms with Crippen molar-refractivity contribution in [2.75, 3.05) is 18.6 Å². The molecule has 0 bridgehead atoms. The summed E-state index contributed by atoms with van der Waals surface area (Å²) < 4.78 is 6.43. The zero-order chi connectivity index (χ0) is 30.7. The first-order chi connectivity index (χ1) is 20.6. The molecule has 1 nitrogen and oxygen atoms in total. The van der Waals surface area contributed by atoms with Crippen LogP contribution in [0, 0.1) is 36.0 Å². The molecule has 1 aliphatic rings. The Bertz CT molecular complexity index is 648. The van der Waals surface area contributed by atoms with Crippen LogP contribution in [-0.4, -0.2) is 24.7 Å². The summed E-state index contributed by atoms with van der Waals surface area (Å²) >= 11 is 1.96. The zero-order valence-corrected chi connectivity index (χ0v) is 33.5. The first-order valence-electron chi connectivity index (χ1n) is 18.6. The fourth-order valence-electron chi connectivity index (χ4n) is 7.52. The number of hydrogen-bond donors (Lipinski definition) is 0. The molecular weight excluding hydrogens is 712 g/mol. The van der Waals surface area contributed by atoms with E-state index in [1.54, 1.807) is 0 Å². The van der Waals surface area contributed by atoms with Crippen LogP contribution in [0.1, 0.15) is 169 Å². The van der Waals surface area contributed by atoms with Gasteiger partial charge in [0.05, 0.1) is 6.10 Å². The van der Waals surface area contributed by atoms with Gasteiger partial charge in [-0.25, -0.2) is 0 Å². The Morgan fingerprint density at radius 2 is 1.53 bits per heavy atom. The molecule has 1 fully saturated rings. The van der Waals surface area contributed by atoms with E-state index in [9.17, 15) is 0 Å². The van der Waals surface area contributed by atoms with Gasteiger partial charge in [0.15, 0.2) is 0 Å². The number of allylic oxidation sites excluding steroid dienone is 4. The van der Waals surface area contributed by atoms with Crippen LogP contribution >= 0.6 is 11.8 Å². The molecule has 0 saturated heterocycles. The average Bonchev–Trinajstić information content (AvgIpc) is 3.32. The predicted octanol–water partition coefficient (Wildman–Crippen LogP) is 13.4. The second-order valence-corrected chi connectivity index (χ2v) is 14.4. The third-order valence-corrected chi connectivity index (χ3v) is 11.1. The molecular formula is C40H74OSW. The number of unbranched alkanes of at least 4 members (excludes halogenated alkanes) is 11. The normalized spacial score (nSPS) is 22.0. The Balaban J connectivity index is 0.0000176. The number of ether oxygens (including phenoxy) is 1. The van der Waals surface area contributed by atoms with E-state index < -0.39 is 0 Å². The molecule has 1 rings (SSSR count). The molecule has 3 heteroatoms. The van der Waals surface area contributed by atoms with Gasteiger partial charge in [0.25, 0.3) is 0 Å². The molecule has 0 N–H and O–H groups in total. The van der Waals surface area contributed by atoms with Crippen molar-refractivity contribution in [3.05, 3.63) is 37.1 Å². The van der Waals surface area contributed by atoms with E-state index in [1.165, 1.54) is 128 Å². The Morgan fingerprint density at radius 1 is 0.860 bits per heavy atom. The van der Waals surface area contributed by atoms with Gasteiger partial charge >= 0.3 is 21.1 Å². The Labute approximate surface area is 290 Å². The van der Waals surface area contributed by atoms with Crippen molar-refractivity contribution in [2.45, 2.75) is 176 Å². The summed E-state index contributed by atoms with van der Waals surface area (Å²) in [6, 6.07) is 0. The Kier molecular flexibility index (Phi) is 30.2. The molecule has 0 aromatic carbocycles. The molecule has 0 amide bonds. The van der Waals surface area contributed by atoms with Gasteiger partial charge in [0, 0.05) is 12.4 Å². The topological polar surface area (TPSA) is 9.23 Å². The smallest absolute Gasteiger partial charge is 0.377 e. The minimum absolute atomic E-state index is 0. The van der Waals surface area contributed by atoms with Gasteiger partial charge in [-0.2, -0.15) is 37.4 Å². The maximum absolute atomic E-state index is 6.43. The molecule has 1 aliphatic carbocycles. The largest absolute Gasteiger partial charge is 2.00 e. The van der Waals surface area contributed by atoms with Crippen LogP contribution in [0.2, 0.25) is 0 Å². The molecule has 1 saturated carbocycles. The molecule has 0 aromatic rings. The summed E-state index contributed by atoms with van der Waals surface area (Å²) in [5, 5.41) is 0. The van der Waals surface area contributed by atoms with E-state index in [4.69, 9.17) is 4.74 Å². The molecule has 0 heterocycles. The van der Waals surface area contributed by atoms with E-state index in [-0.39, 0.29) is 21.1 Å². The molecule has 5 atom stereocenters. The fourth-order valence-corrected chi connectivity index (χ4v) is 8.15. The van der Waals surface area contributed by atoms with E-state index in [1.807, 2.05) is 11.8 Å². The second kappa shape index (κ2) is 29.9. The number of rotatable bonds is 29. The molecule has 43 heavy (non-hydrogen) atoms. The Morgan fingerprint density at radius 3 is 2.16 bits per heavy atom. The van der Waals surface area contributed by atoms with Gasteiger partial charge in [-0.05, 0) is 75.4 Å². The first-order valence-corrected chi connectivity index (χ1v) is 20.0. The van der Waals surface area contributed by atoms with Crippen LogP contribution in [0.15, 0.2) is 24.3 Å². The van der Waals surface area contributed by atoms with E-state index >= 15 is 0 Å². The molecule has 5 unspecified atom stereocenters. The first kappa shape index (κ1) is 43.5. The molecule has 0 aliphatic heterocycles. The Hall–Kier alpha value is 0.478. The summed E-state index contributed by atoms with van der Waals surface area (Å²) in [6.07, 6.45) is 44.9. The van der Waals surface area contributed by atoms with Crippen LogP contribution in [0.3, 0.4) is 0 Å². The molecule has 0 radical (unpaired) electrons. The summed E-state index contributed by atoms with van der Waals surface area (Å²) in [5.41, 5.74) is 0.514. The SMILES string of the molecule is C[CH-]C(CC[CH-]CC)C1CCC(CCCC(CSC)OCCCCCCCC/C=C\C/C=C\CCCCC)C1(C)CC.[W+2]. The minimum atomic E-state index is 0. The third kappa shape index (κ3) is 19.7. The van der Waals surface area contributed by atoms with Crippen molar-refractivity contribution in [1.82, 2.24) is 0 Å². The zero-order valence-electron chi connectivity index (χ0n) is 29.8. The van der Waals surface area contributed by atoms with Gasteiger partial charge in [-0.3, -0.25) is 0 Å². The second-order valence-electron chi connectivity index (χ2n) is 13.5. The van der Waals surface area contributed by atoms with Crippen molar-refractivity contribution in [3.8, 4) is 0 Å². The van der Waals surface area contributed by atoms with Crippen LogP contribution in [-0.2, 0) is 25.8 Å². The van der Waals surface area contributed by atoms with Gasteiger partial charge < -0.3 is 17.6 Å². The number of hydrogen-bond acceptors (Lipinski definition) is 2. The maximum Gasteiger partial charge on any atom is 2.00 e. The van der Waals surface area contributed by atoms with Gasteiger partial charge in [0.1, 0.15) is 0 Å². The van der Waals surface area contributed by atoms with Crippen molar-refractivity contribution < 1.29 is 25.8 Å². The van der Waals surface area contributed by atoms with Crippen LogP contribution in [0.5, 0.6) is 0 Å². The van der Waals surface area contributed by atoms with E-state index in [0.29, 0.717) is 11.5 Å². The monoisotopic (exact) mass is 786 g/mol.